The fourth-order valence-corrected chi connectivity index (χ4v) is 4.30. The van der Waals surface area contributed by atoms with E-state index in [2.05, 4.69) is 5.32 Å². The molecule has 0 aromatic heterocycles. The van der Waals surface area contributed by atoms with Crippen molar-refractivity contribution in [2.24, 2.45) is 5.92 Å². The zero-order chi connectivity index (χ0) is 20.5. The van der Waals surface area contributed by atoms with Gasteiger partial charge in [-0.05, 0) is 41.7 Å². The van der Waals surface area contributed by atoms with Gasteiger partial charge in [-0.3, -0.25) is 9.59 Å². The van der Waals surface area contributed by atoms with Crippen LogP contribution in [0.3, 0.4) is 0 Å². The third-order valence-corrected chi connectivity index (χ3v) is 5.93. The molecule has 0 bridgehead atoms. The smallest absolute Gasteiger partial charge is 0.226 e. The number of aliphatic hydroxyl groups excluding tert-OH is 1. The zero-order valence-corrected chi connectivity index (χ0v) is 16.3. The molecule has 2 aromatic carbocycles. The van der Waals surface area contributed by atoms with E-state index >= 15 is 0 Å². The lowest BCUT2D eigenvalue weighted by molar-refractivity contribution is -0.152. The Labute approximate surface area is 169 Å². The SMILES string of the molecule is CC(=O)NC[C@H]1[C@@H](c2ccc(-c3cccc(F)c3)cc2)[C@@H](CO)N1C(=O)C1CC1. The topological polar surface area (TPSA) is 69.6 Å². The predicted molar refractivity (Wildman–Crippen MR) is 107 cm³/mol. The monoisotopic (exact) mass is 396 g/mol. The largest absolute Gasteiger partial charge is 0.394 e. The van der Waals surface area contributed by atoms with Gasteiger partial charge in [0.2, 0.25) is 11.8 Å². The van der Waals surface area contributed by atoms with Gasteiger partial charge in [0, 0.05) is 25.3 Å². The Morgan fingerprint density at radius 2 is 1.83 bits per heavy atom. The van der Waals surface area contributed by atoms with Gasteiger partial charge in [-0.2, -0.15) is 0 Å². The second-order valence-corrected chi connectivity index (χ2v) is 7.93. The summed E-state index contributed by atoms with van der Waals surface area (Å²) in [5.41, 5.74) is 2.70. The fraction of sp³-hybridized carbons (Fsp3) is 0.391. The predicted octanol–water partition coefficient (Wildman–Crippen LogP) is 2.69. The van der Waals surface area contributed by atoms with E-state index < -0.39 is 0 Å². The van der Waals surface area contributed by atoms with Gasteiger partial charge < -0.3 is 15.3 Å². The Balaban J connectivity index is 1.58. The molecule has 4 rings (SSSR count). The van der Waals surface area contributed by atoms with E-state index in [1.54, 1.807) is 11.0 Å². The minimum atomic E-state index is -0.290. The average Bonchev–Trinajstić information content (AvgIpc) is 3.53. The number of halogens is 1. The van der Waals surface area contributed by atoms with E-state index in [1.165, 1.54) is 19.1 Å². The summed E-state index contributed by atoms with van der Waals surface area (Å²) < 4.78 is 13.5. The average molecular weight is 396 g/mol. The lowest BCUT2D eigenvalue weighted by atomic mass is 9.74. The van der Waals surface area contributed by atoms with Crippen LogP contribution < -0.4 is 5.32 Å². The van der Waals surface area contributed by atoms with Gasteiger partial charge in [0.05, 0.1) is 18.7 Å². The highest BCUT2D eigenvalue weighted by atomic mass is 19.1. The maximum atomic E-state index is 13.5. The molecule has 1 aliphatic heterocycles. The number of hydrogen-bond donors (Lipinski definition) is 2. The molecule has 152 valence electrons. The molecular weight excluding hydrogens is 371 g/mol. The van der Waals surface area contributed by atoms with E-state index in [-0.39, 0.29) is 48.2 Å². The van der Waals surface area contributed by atoms with Crippen molar-refractivity contribution in [3.8, 4) is 11.1 Å². The molecule has 2 fully saturated rings. The van der Waals surface area contributed by atoms with E-state index in [0.29, 0.717) is 6.54 Å². The summed E-state index contributed by atoms with van der Waals surface area (Å²) in [5, 5.41) is 12.8. The van der Waals surface area contributed by atoms with E-state index in [1.807, 2.05) is 30.3 Å². The van der Waals surface area contributed by atoms with Crippen LogP contribution in [0.15, 0.2) is 48.5 Å². The van der Waals surface area contributed by atoms with Crippen molar-refractivity contribution < 1.29 is 19.1 Å². The van der Waals surface area contributed by atoms with Crippen LogP contribution in [0.25, 0.3) is 11.1 Å². The molecule has 1 saturated carbocycles. The highest BCUT2D eigenvalue weighted by Crippen LogP contribution is 2.44. The maximum absolute atomic E-state index is 13.5. The van der Waals surface area contributed by atoms with Crippen LogP contribution in [0, 0.1) is 11.7 Å². The van der Waals surface area contributed by atoms with Crippen LogP contribution in [0.5, 0.6) is 0 Å². The molecule has 0 unspecified atom stereocenters. The summed E-state index contributed by atoms with van der Waals surface area (Å²) in [6, 6.07) is 13.8. The summed E-state index contributed by atoms with van der Waals surface area (Å²) in [5.74, 6) is -0.352. The molecule has 1 saturated heterocycles. The lowest BCUT2D eigenvalue weighted by Gasteiger charge is -2.55. The molecule has 0 spiro atoms. The number of hydrogen-bond acceptors (Lipinski definition) is 3. The number of aliphatic hydroxyl groups is 1. The van der Waals surface area contributed by atoms with Crippen molar-refractivity contribution in [2.75, 3.05) is 13.2 Å². The molecule has 2 N–H and O–H groups in total. The molecule has 5 nitrogen and oxygen atoms in total. The number of amides is 2. The maximum Gasteiger partial charge on any atom is 0.226 e. The molecule has 6 heteroatoms. The molecule has 29 heavy (non-hydrogen) atoms. The first-order valence-corrected chi connectivity index (χ1v) is 10.0. The van der Waals surface area contributed by atoms with Crippen molar-refractivity contribution in [2.45, 2.75) is 37.8 Å². The summed E-state index contributed by atoms with van der Waals surface area (Å²) in [7, 11) is 0. The number of nitrogens with one attached hydrogen (secondary N) is 1. The van der Waals surface area contributed by atoms with E-state index in [0.717, 1.165) is 29.5 Å². The van der Waals surface area contributed by atoms with Gasteiger partial charge >= 0.3 is 0 Å². The lowest BCUT2D eigenvalue weighted by Crippen LogP contribution is -2.68. The summed E-state index contributed by atoms with van der Waals surface area (Å²) in [6.07, 6.45) is 1.79. The van der Waals surface area contributed by atoms with Crippen LogP contribution in [0.4, 0.5) is 4.39 Å². The van der Waals surface area contributed by atoms with Crippen LogP contribution in [0.2, 0.25) is 0 Å². The molecular formula is C23H25FN2O3. The first-order valence-electron chi connectivity index (χ1n) is 10.0. The third kappa shape index (κ3) is 3.90. The normalized spacial score (nSPS) is 23.4. The third-order valence-electron chi connectivity index (χ3n) is 5.93. The van der Waals surface area contributed by atoms with Gasteiger partial charge in [-0.25, -0.2) is 4.39 Å². The Morgan fingerprint density at radius 1 is 1.10 bits per heavy atom. The standard InChI is InChI=1S/C23H25FN2O3/c1-14(28)25-12-20-22(21(13-27)26(20)23(29)17-9-10-17)16-7-5-15(6-8-16)18-3-2-4-19(24)11-18/h2-8,11,17,20-22,27H,9-10,12-13H2,1H3,(H,25,28)/t20-,21+,22+/m0/s1. The van der Waals surface area contributed by atoms with Crippen molar-refractivity contribution in [3.63, 3.8) is 0 Å². The molecule has 2 amide bonds. The number of rotatable bonds is 6. The van der Waals surface area contributed by atoms with Gasteiger partial charge in [-0.1, -0.05) is 36.4 Å². The first kappa shape index (κ1) is 19.6. The van der Waals surface area contributed by atoms with Crippen LogP contribution >= 0.6 is 0 Å². The molecule has 1 heterocycles. The quantitative estimate of drug-likeness (QED) is 0.789. The molecule has 2 aliphatic rings. The van der Waals surface area contributed by atoms with E-state index in [9.17, 15) is 19.1 Å². The Bertz CT molecular complexity index is 911. The molecule has 0 radical (unpaired) electrons. The summed E-state index contributed by atoms with van der Waals surface area (Å²) in [6.45, 7) is 1.70. The Kier molecular flexibility index (Phi) is 5.37. The van der Waals surface area contributed by atoms with Crippen LogP contribution in [-0.2, 0) is 9.59 Å². The second-order valence-electron chi connectivity index (χ2n) is 7.93. The van der Waals surface area contributed by atoms with Crippen molar-refractivity contribution in [3.05, 3.63) is 59.9 Å². The summed E-state index contributed by atoms with van der Waals surface area (Å²) in [4.78, 5) is 25.9. The second kappa shape index (κ2) is 7.95. The van der Waals surface area contributed by atoms with Gasteiger partial charge in [-0.15, -0.1) is 0 Å². The fourth-order valence-electron chi connectivity index (χ4n) is 4.30. The summed E-state index contributed by atoms with van der Waals surface area (Å²) >= 11 is 0. The highest BCUT2D eigenvalue weighted by molar-refractivity contribution is 5.83. The minimum Gasteiger partial charge on any atom is -0.394 e. The molecule has 3 atom stereocenters. The number of carbonyl (C=O) groups is 2. The first-order chi connectivity index (χ1) is 14.0. The molecule has 2 aromatic rings. The minimum absolute atomic E-state index is 0.0557. The van der Waals surface area contributed by atoms with Gasteiger partial charge in [0.15, 0.2) is 0 Å². The Morgan fingerprint density at radius 3 is 2.41 bits per heavy atom. The zero-order valence-electron chi connectivity index (χ0n) is 16.3. The van der Waals surface area contributed by atoms with Crippen molar-refractivity contribution >= 4 is 11.8 Å². The highest BCUT2D eigenvalue weighted by Gasteiger charge is 2.53. The number of likely N-dealkylation sites (tertiary alicyclic amines) is 1. The number of nitrogens with zero attached hydrogens (tertiary/aromatic N) is 1. The number of benzene rings is 2. The Hall–Kier alpha value is -2.73. The number of carbonyl (C=O) groups excluding carboxylic acids is 2. The molecule has 1 aliphatic carbocycles. The van der Waals surface area contributed by atoms with Gasteiger partial charge in [0.25, 0.3) is 0 Å². The van der Waals surface area contributed by atoms with Crippen molar-refractivity contribution in [1.29, 1.82) is 0 Å². The van der Waals surface area contributed by atoms with E-state index in [4.69, 9.17) is 0 Å². The van der Waals surface area contributed by atoms with Crippen LogP contribution in [0.1, 0.15) is 31.2 Å². The van der Waals surface area contributed by atoms with Crippen molar-refractivity contribution in [1.82, 2.24) is 10.2 Å². The van der Waals surface area contributed by atoms with Gasteiger partial charge in [0.1, 0.15) is 5.82 Å². The van der Waals surface area contributed by atoms with Crippen LogP contribution in [-0.4, -0.2) is 47.1 Å².